The Labute approximate surface area is 143 Å². The molecule has 3 N–H and O–H groups in total. The summed E-state index contributed by atoms with van der Waals surface area (Å²) in [6, 6.07) is 5.10. The highest BCUT2D eigenvalue weighted by Crippen LogP contribution is 2.37. The molecule has 6 nitrogen and oxygen atoms in total. The van der Waals surface area contributed by atoms with Crippen LogP contribution in [0.4, 0.5) is 0 Å². The number of nitrogens with two attached hydrogens (primary N) is 1. The van der Waals surface area contributed by atoms with Crippen molar-refractivity contribution in [3.05, 3.63) is 23.8 Å². The molecule has 0 aliphatic heterocycles. The molecule has 2 atom stereocenters. The van der Waals surface area contributed by atoms with Crippen LogP contribution in [0.2, 0.25) is 0 Å². The second-order valence-electron chi connectivity index (χ2n) is 6.75. The van der Waals surface area contributed by atoms with Crippen LogP contribution in [0.5, 0.6) is 11.5 Å². The summed E-state index contributed by atoms with van der Waals surface area (Å²) in [6.07, 6.45) is -1.10. The van der Waals surface area contributed by atoms with E-state index in [1.807, 2.05) is 6.92 Å². The fourth-order valence-electron chi connectivity index (χ4n) is 2.33. The van der Waals surface area contributed by atoms with E-state index in [2.05, 4.69) is 0 Å². The van der Waals surface area contributed by atoms with Crippen LogP contribution in [0.1, 0.15) is 40.2 Å². The summed E-state index contributed by atoms with van der Waals surface area (Å²) < 4.78 is 16.3. The molecule has 0 aliphatic rings. The largest absolute Gasteiger partial charge is 0.493 e. The van der Waals surface area contributed by atoms with Crippen LogP contribution in [0.25, 0.3) is 0 Å². The van der Waals surface area contributed by atoms with Crippen molar-refractivity contribution in [2.24, 2.45) is 5.73 Å². The molecule has 0 fully saturated rings. The lowest BCUT2D eigenvalue weighted by Crippen LogP contribution is -2.50. The van der Waals surface area contributed by atoms with Gasteiger partial charge in [0.15, 0.2) is 11.5 Å². The van der Waals surface area contributed by atoms with Gasteiger partial charge in [0.2, 0.25) is 0 Å². The molecule has 1 aromatic rings. The Morgan fingerprint density at radius 2 is 1.88 bits per heavy atom. The zero-order valence-corrected chi connectivity index (χ0v) is 15.4. The zero-order chi connectivity index (χ0) is 18.5. The Balaban J connectivity index is 3.40. The van der Waals surface area contributed by atoms with Gasteiger partial charge in [-0.05, 0) is 52.3 Å². The number of hydrogen-bond acceptors (Lipinski definition) is 6. The van der Waals surface area contributed by atoms with Gasteiger partial charge < -0.3 is 25.1 Å². The first-order valence-electron chi connectivity index (χ1n) is 8.03. The highest BCUT2D eigenvalue weighted by molar-refractivity contribution is 5.84. The van der Waals surface area contributed by atoms with E-state index < -0.39 is 23.1 Å². The molecule has 0 heterocycles. The lowest BCUT2D eigenvalue weighted by Gasteiger charge is -2.35. The van der Waals surface area contributed by atoms with Crippen molar-refractivity contribution in [2.45, 2.75) is 51.7 Å². The van der Waals surface area contributed by atoms with E-state index in [0.717, 1.165) is 0 Å². The molecule has 0 aliphatic carbocycles. The van der Waals surface area contributed by atoms with E-state index in [-0.39, 0.29) is 6.54 Å². The number of benzene rings is 1. The van der Waals surface area contributed by atoms with Crippen LogP contribution in [0, 0.1) is 0 Å². The zero-order valence-electron chi connectivity index (χ0n) is 15.4. The van der Waals surface area contributed by atoms with Crippen molar-refractivity contribution in [1.82, 2.24) is 0 Å². The minimum Gasteiger partial charge on any atom is -0.493 e. The Kier molecular flexibility index (Phi) is 6.63. The SMILES string of the molecule is CCOc1cc(C(C)(C(=O)OC(C)(C)C)C(O)CN)ccc1OC. The van der Waals surface area contributed by atoms with Crippen molar-refractivity contribution in [3.63, 3.8) is 0 Å². The van der Waals surface area contributed by atoms with Crippen molar-refractivity contribution < 1.29 is 24.1 Å². The minimum atomic E-state index is -1.32. The summed E-state index contributed by atoms with van der Waals surface area (Å²) in [5, 5.41) is 10.4. The number of hydrogen-bond donors (Lipinski definition) is 2. The number of esters is 1. The van der Waals surface area contributed by atoms with Gasteiger partial charge in [0.05, 0.1) is 19.8 Å². The molecule has 0 aromatic heterocycles. The maximum Gasteiger partial charge on any atom is 0.319 e. The molecule has 0 saturated heterocycles. The molecule has 2 unspecified atom stereocenters. The maximum absolute atomic E-state index is 12.8. The van der Waals surface area contributed by atoms with E-state index in [1.54, 1.807) is 53.0 Å². The minimum absolute atomic E-state index is 0.0776. The number of carbonyl (C=O) groups excluding carboxylic acids is 1. The number of carbonyl (C=O) groups is 1. The summed E-state index contributed by atoms with van der Waals surface area (Å²) >= 11 is 0. The summed E-state index contributed by atoms with van der Waals surface area (Å²) in [6.45, 7) is 9.18. The van der Waals surface area contributed by atoms with Gasteiger partial charge in [-0.15, -0.1) is 0 Å². The predicted octanol–water partition coefficient (Wildman–Crippen LogP) is 2.01. The van der Waals surface area contributed by atoms with Crippen LogP contribution in [0.15, 0.2) is 18.2 Å². The van der Waals surface area contributed by atoms with Crippen molar-refractivity contribution in [1.29, 1.82) is 0 Å². The molecular weight excluding hydrogens is 310 g/mol. The molecule has 1 rings (SSSR count). The lowest BCUT2D eigenvalue weighted by atomic mass is 9.77. The van der Waals surface area contributed by atoms with Crippen molar-refractivity contribution >= 4 is 5.97 Å². The number of ether oxygens (including phenoxy) is 3. The number of rotatable bonds is 7. The first kappa shape index (κ1) is 20.3. The number of methoxy groups -OCH3 is 1. The molecule has 0 amide bonds. The summed E-state index contributed by atoms with van der Waals surface area (Å²) in [7, 11) is 1.54. The van der Waals surface area contributed by atoms with E-state index >= 15 is 0 Å². The Bertz CT molecular complexity index is 567. The lowest BCUT2D eigenvalue weighted by molar-refractivity contribution is -0.166. The second kappa shape index (κ2) is 7.85. The average molecular weight is 339 g/mol. The molecule has 0 radical (unpaired) electrons. The molecule has 0 saturated carbocycles. The van der Waals surface area contributed by atoms with E-state index in [1.165, 1.54) is 0 Å². The van der Waals surface area contributed by atoms with Gasteiger partial charge in [0.1, 0.15) is 11.0 Å². The highest BCUT2D eigenvalue weighted by atomic mass is 16.6. The smallest absolute Gasteiger partial charge is 0.319 e. The molecule has 1 aromatic carbocycles. The molecule has 6 heteroatoms. The van der Waals surface area contributed by atoms with Crippen LogP contribution in [0.3, 0.4) is 0 Å². The van der Waals surface area contributed by atoms with Crippen LogP contribution < -0.4 is 15.2 Å². The molecular formula is C18H29NO5. The van der Waals surface area contributed by atoms with Gasteiger partial charge in [-0.3, -0.25) is 4.79 Å². The average Bonchev–Trinajstić information content (AvgIpc) is 2.51. The van der Waals surface area contributed by atoms with Crippen LogP contribution in [-0.4, -0.2) is 43.0 Å². The fraction of sp³-hybridized carbons (Fsp3) is 0.611. The molecule has 24 heavy (non-hydrogen) atoms. The highest BCUT2D eigenvalue weighted by Gasteiger charge is 2.45. The van der Waals surface area contributed by atoms with Gasteiger partial charge in [-0.25, -0.2) is 0 Å². The topological polar surface area (TPSA) is 91.0 Å². The van der Waals surface area contributed by atoms with Gasteiger partial charge in [0, 0.05) is 6.54 Å². The quantitative estimate of drug-likeness (QED) is 0.739. The standard InChI is InChI=1S/C18H29NO5/c1-7-23-14-10-12(8-9-13(14)22-6)18(5,15(20)11-19)16(21)24-17(2,3)4/h8-10,15,20H,7,11,19H2,1-6H3. The van der Waals surface area contributed by atoms with Crippen molar-refractivity contribution in [2.75, 3.05) is 20.3 Å². The second-order valence-corrected chi connectivity index (χ2v) is 6.75. The third kappa shape index (κ3) is 4.39. The molecule has 0 bridgehead atoms. The van der Waals surface area contributed by atoms with Gasteiger partial charge in [-0.2, -0.15) is 0 Å². The maximum atomic E-state index is 12.8. The van der Waals surface area contributed by atoms with Gasteiger partial charge in [0.25, 0.3) is 0 Å². The van der Waals surface area contributed by atoms with Gasteiger partial charge >= 0.3 is 5.97 Å². The van der Waals surface area contributed by atoms with Crippen molar-refractivity contribution in [3.8, 4) is 11.5 Å². The van der Waals surface area contributed by atoms with Gasteiger partial charge in [-0.1, -0.05) is 6.07 Å². The number of aliphatic hydroxyl groups is 1. The summed E-state index contributed by atoms with van der Waals surface area (Å²) in [5.74, 6) is 0.506. The Morgan fingerprint density at radius 1 is 1.25 bits per heavy atom. The van der Waals surface area contributed by atoms with E-state index in [4.69, 9.17) is 19.9 Å². The normalized spacial score (nSPS) is 15.3. The molecule has 0 spiro atoms. The number of aliphatic hydroxyl groups excluding tert-OH is 1. The Morgan fingerprint density at radius 3 is 2.33 bits per heavy atom. The Hall–Kier alpha value is -1.79. The third-order valence-corrected chi connectivity index (χ3v) is 3.78. The van der Waals surface area contributed by atoms with E-state index in [9.17, 15) is 9.90 Å². The monoisotopic (exact) mass is 339 g/mol. The fourth-order valence-corrected chi connectivity index (χ4v) is 2.33. The van der Waals surface area contributed by atoms with E-state index in [0.29, 0.717) is 23.7 Å². The first-order chi connectivity index (χ1) is 11.1. The van der Waals surface area contributed by atoms with Crippen LogP contribution >= 0.6 is 0 Å². The third-order valence-electron chi connectivity index (χ3n) is 3.78. The summed E-state index contributed by atoms with van der Waals surface area (Å²) in [5.41, 5.74) is 4.19. The first-order valence-corrected chi connectivity index (χ1v) is 8.03. The van der Waals surface area contributed by atoms with Crippen LogP contribution in [-0.2, 0) is 14.9 Å². The summed E-state index contributed by atoms with van der Waals surface area (Å²) in [4.78, 5) is 12.8. The molecule has 136 valence electrons. The predicted molar refractivity (Wildman–Crippen MR) is 92.4 cm³/mol.